The first kappa shape index (κ1) is 20.9. The van der Waals surface area contributed by atoms with Crippen LogP contribution in [0.1, 0.15) is 19.4 Å². The molecule has 0 aliphatic carbocycles. The van der Waals surface area contributed by atoms with E-state index in [1.807, 2.05) is 49.4 Å². The second-order valence-corrected chi connectivity index (χ2v) is 7.74. The lowest BCUT2D eigenvalue weighted by Crippen LogP contribution is -2.18. The smallest absolute Gasteiger partial charge is 0.319 e. The maximum absolute atomic E-state index is 12.1. The molecule has 0 bridgehead atoms. The molecule has 0 radical (unpaired) electrons. The molecular weight excluding hydrogens is 386 g/mol. The Morgan fingerprint density at radius 1 is 1.10 bits per heavy atom. The van der Waals surface area contributed by atoms with Crippen molar-refractivity contribution in [2.45, 2.75) is 37.2 Å². The number of aromatic nitrogens is 3. The van der Waals surface area contributed by atoms with Gasteiger partial charge in [0.1, 0.15) is 11.0 Å². The van der Waals surface area contributed by atoms with E-state index in [-0.39, 0.29) is 11.2 Å². The molecule has 0 aliphatic heterocycles. The van der Waals surface area contributed by atoms with Gasteiger partial charge < -0.3 is 14.0 Å². The molecule has 0 N–H and O–H groups in total. The van der Waals surface area contributed by atoms with E-state index in [0.29, 0.717) is 18.3 Å². The van der Waals surface area contributed by atoms with Crippen LogP contribution in [0.4, 0.5) is 0 Å². The number of ether oxygens (including phenoxy) is 2. The molecule has 3 rings (SSSR count). The van der Waals surface area contributed by atoms with Crippen LogP contribution in [-0.2, 0) is 22.5 Å². The predicted octanol–water partition coefficient (Wildman–Crippen LogP) is 4.24. The second-order valence-electron chi connectivity index (χ2n) is 6.43. The summed E-state index contributed by atoms with van der Waals surface area (Å²) < 4.78 is 12.4. The van der Waals surface area contributed by atoms with Gasteiger partial charge in [0, 0.05) is 12.1 Å². The molecular formula is C22H25N3O3S. The Morgan fingerprint density at radius 2 is 1.83 bits per heavy atom. The molecule has 0 saturated carbocycles. The van der Waals surface area contributed by atoms with E-state index in [4.69, 9.17) is 9.47 Å². The molecule has 152 valence electrons. The summed E-state index contributed by atoms with van der Waals surface area (Å²) in [6.45, 7) is 4.70. The number of benzene rings is 2. The number of esters is 1. The number of carbonyl (C=O) groups excluding carboxylic acids is 1. The Balaban J connectivity index is 1.88. The average molecular weight is 412 g/mol. The van der Waals surface area contributed by atoms with Gasteiger partial charge in [0.05, 0.1) is 13.7 Å². The molecule has 6 nitrogen and oxygen atoms in total. The van der Waals surface area contributed by atoms with E-state index < -0.39 is 0 Å². The van der Waals surface area contributed by atoms with Gasteiger partial charge in [-0.15, -0.1) is 10.2 Å². The van der Waals surface area contributed by atoms with Gasteiger partial charge in [0.25, 0.3) is 0 Å². The van der Waals surface area contributed by atoms with Crippen LogP contribution in [0.25, 0.3) is 11.4 Å². The molecule has 1 unspecified atom stereocenters. The standard InChI is InChI=1S/C22H25N3O3S/c1-4-28-21(26)16(2)29-22-24-23-20(18-10-12-19(27-3)13-11-18)25(22)15-14-17-8-6-5-7-9-17/h5-13,16H,4,14-15H2,1-3H3. The van der Waals surface area contributed by atoms with Crippen molar-refractivity contribution in [3.8, 4) is 17.1 Å². The zero-order chi connectivity index (χ0) is 20.6. The lowest BCUT2D eigenvalue weighted by molar-refractivity contribution is -0.142. The van der Waals surface area contributed by atoms with Gasteiger partial charge in [-0.1, -0.05) is 42.1 Å². The van der Waals surface area contributed by atoms with Crippen molar-refractivity contribution in [2.24, 2.45) is 0 Å². The van der Waals surface area contributed by atoms with Crippen LogP contribution in [0, 0.1) is 0 Å². The minimum absolute atomic E-state index is 0.249. The Labute approximate surface area is 175 Å². The van der Waals surface area contributed by atoms with Crippen LogP contribution in [0.2, 0.25) is 0 Å². The lowest BCUT2D eigenvalue weighted by atomic mass is 10.1. The van der Waals surface area contributed by atoms with Crippen molar-refractivity contribution < 1.29 is 14.3 Å². The van der Waals surface area contributed by atoms with Crippen LogP contribution in [0.15, 0.2) is 59.8 Å². The zero-order valence-electron chi connectivity index (χ0n) is 16.9. The van der Waals surface area contributed by atoms with Gasteiger partial charge in [-0.25, -0.2) is 0 Å². The number of carbonyl (C=O) groups is 1. The first-order valence-electron chi connectivity index (χ1n) is 9.57. The van der Waals surface area contributed by atoms with E-state index in [9.17, 15) is 4.79 Å². The molecule has 1 atom stereocenters. The van der Waals surface area contributed by atoms with Gasteiger partial charge in [-0.3, -0.25) is 4.79 Å². The van der Waals surface area contributed by atoms with E-state index in [1.165, 1.54) is 17.3 Å². The third-order valence-electron chi connectivity index (χ3n) is 4.43. The third kappa shape index (κ3) is 5.38. The van der Waals surface area contributed by atoms with E-state index in [2.05, 4.69) is 26.9 Å². The van der Waals surface area contributed by atoms with Crippen molar-refractivity contribution in [3.05, 3.63) is 60.2 Å². The Morgan fingerprint density at radius 3 is 2.48 bits per heavy atom. The van der Waals surface area contributed by atoms with Crippen LogP contribution in [-0.4, -0.2) is 39.7 Å². The van der Waals surface area contributed by atoms with Gasteiger partial charge in [-0.05, 0) is 50.1 Å². The summed E-state index contributed by atoms with van der Waals surface area (Å²) in [5, 5.41) is 9.12. The quantitative estimate of drug-likeness (QED) is 0.388. The molecule has 0 spiro atoms. The molecule has 0 aliphatic rings. The monoisotopic (exact) mass is 411 g/mol. The Kier molecular flexibility index (Phi) is 7.30. The fourth-order valence-electron chi connectivity index (χ4n) is 2.88. The highest BCUT2D eigenvalue weighted by atomic mass is 32.2. The van der Waals surface area contributed by atoms with Crippen LogP contribution in [0.5, 0.6) is 5.75 Å². The minimum atomic E-state index is -0.363. The van der Waals surface area contributed by atoms with Gasteiger partial charge in [0.15, 0.2) is 11.0 Å². The second kappa shape index (κ2) is 10.1. The largest absolute Gasteiger partial charge is 0.497 e. The topological polar surface area (TPSA) is 66.2 Å². The number of aryl methyl sites for hydroxylation is 1. The van der Waals surface area contributed by atoms with Crippen molar-refractivity contribution >= 4 is 17.7 Å². The highest BCUT2D eigenvalue weighted by molar-refractivity contribution is 8.00. The SMILES string of the molecule is CCOC(=O)C(C)Sc1nnc(-c2ccc(OC)cc2)n1CCc1ccccc1. The molecule has 0 amide bonds. The van der Waals surface area contributed by atoms with E-state index in [0.717, 1.165) is 23.6 Å². The average Bonchev–Trinajstić information content (AvgIpc) is 3.15. The molecule has 0 saturated heterocycles. The molecule has 2 aromatic carbocycles. The van der Waals surface area contributed by atoms with E-state index in [1.54, 1.807) is 14.0 Å². The number of hydrogen-bond donors (Lipinski definition) is 0. The highest BCUT2D eigenvalue weighted by Gasteiger charge is 2.21. The summed E-state index contributed by atoms with van der Waals surface area (Å²) >= 11 is 1.37. The fourth-order valence-corrected chi connectivity index (χ4v) is 3.76. The lowest BCUT2D eigenvalue weighted by Gasteiger charge is -2.13. The number of hydrogen-bond acceptors (Lipinski definition) is 6. The Hall–Kier alpha value is -2.80. The predicted molar refractivity (Wildman–Crippen MR) is 114 cm³/mol. The number of methoxy groups -OCH3 is 1. The number of rotatable bonds is 9. The summed E-state index contributed by atoms with van der Waals surface area (Å²) in [6.07, 6.45) is 0.837. The molecule has 3 aromatic rings. The highest BCUT2D eigenvalue weighted by Crippen LogP contribution is 2.28. The van der Waals surface area contributed by atoms with Crippen LogP contribution in [0.3, 0.4) is 0 Å². The maximum Gasteiger partial charge on any atom is 0.319 e. The van der Waals surface area contributed by atoms with Crippen LogP contribution < -0.4 is 4.74 Å². The maximum atomic E-state index is 12.1. The molecule has 1 aromatic heterocycles. The summed E-state index contributed by atoms with van der Waals surface area (Å²) in [5.74, 6) is 1.30. The number of thioether (sulfide) groups is 1. The summed E-state index contributed by atoms with van der Waals surface area (Å²) in [7, 11) is 1.64. The fraction of sp³-hybridized carbons (Fsp3) is 0.318. The molecule has 7 heteroatoms. The van der Waals surface area contributed by atoms with Gasteiger partial charge in [-0.2, -0.15) is 0 Å². The third-order valence-corrected chi connectivity index (χ3v) is 5.49. The molecule has 0 fully saturated rings. The normalized spacial score (nSPS) is 11.8. The first-order chi connectivity index (χ1) is 14.1. The summed E-state index contributed by atoms with van der Waals surface area (Å²) in [6, 6.07) is 18.0. The minimum Gasteiger partial charge on any atom is -0.497 e. The molecule has 29 heavy (non-hydrogen) atoms. The first-order valence-corrected chi connectivity index (χ1v) is 10.4. The van der Waals surface area contributed by atoms with Gasteiger partial charge in [0.2, 0.25) is 0 Å². The van der Waals surface area contributed by atoms with Crippen molar-refractivity contribution in [2.75, 3.05) is 13.7 Å². The Bertz CT molecular complexity index is 926. The molecule has 1 heterocycles. The van der Waals surface area contributed by atoms with E-state index >= 15 is 0 Å². The summed E-state index contributed by atoms with van der Waals surface area (Å²) in [4.78, 5) is 12.1. The zero-order valence-corrected chi connectivity index (χ0v) is 17.7. The van der Waals surface area contributed by atoms with Crippen molar-refractivity contribution in [3.63, 3.8) is 0 Å². The van der Waals surface area contributed by atoms with Crippen molar-refractivity contribution in [1.82, 2.24) is 14.8 Å². The van der Waals surface area contributed by atoms with Gasteiger partial charge >= 0.3 is 5.97 Å². The van der Waals surface area contributed by atoms with Crippen molar-refractivity contribution in [1.29, 1.82) is 0 Å². The summed E-state index contributed by atoms with van der Waals surface area (Å²) in [5.41, 5.74) is 2.18. The number of nitrogens with zero attached hydrogens (tertiary/aromatic N) is 3. The van der Waals surface area contributed by atoms with Crippen LogP contribution >= 0.6 is 11.8 Å².